The fourth-order valence-electron chi connectivity index (χ4n) is 2.10. The van der Waals surface area contributed by atoms with E-state index >= 15 is 0 Å². The molecule has 4 rings (SSSR count). The van der Waals surface area contributed by atoms with E-state index in [1.54, 1.807) is 10.9 Å². The number of fused-ring (bicyclic) bond motifs is 1. The largest absolute Gasteiger partial charge is 0.507 e. The molecule has 0 saturated heterocycles. The van der Waals surface area contributed by atoms with Gasteiger partial charge in [-0.05, 0) is 41.7 Å². The van der Waals surface area contributed by atoms with Crippen molar-refractivity contribution in [1.82, 2.24) is 0 Å². The van der Waals surface area contributed by atoms with Crippen molar-refractivity contribution in [2.24, 2.45) is 0 Å². The first-order valence-corrected chi connectivity index (χ1v) is 7.42. The van der Waals surface area contributed by atoms with Gasteiger partial charge < -0.3 is 5.11 Å². The van der Waals surface area contributed by atoms with E-state index in [4.69, 9.17) is 0 Å². The lowest BCUT2D eigenvalue weighted by Crippen LogP contribution is -1.70. The average Bonchev–Trinajstić information content (AvgIpc) is 3.16. The van der Waals surface area contributed by atoms with Gasteiger partial charge in [-0.3, -0.25) is 0 Å². The minimum absolute atomic E-state index is 0.350. The summed E-state index contributed by atoms with van der Waals surface area (Å²) in [7, 11) is 0. The third-order valence-corrected chi connectivity index (χ3v) is 4.32. The standard InChI is InChI=1S/C10H8O.C7H8S/c11-10-7-3-5-8-4-1-2-6-9(8)10;1-2-7(8-5-1)6-3-4-6/h1-7,11H;1-2,5-6H,3-4H2. The van der Waals surface area contributed by atoms with Crippen LogP contribution in [0.1, 0.15) is 23.6 Å². The van der Waals surface area contributed by atoms with Gasteiger partial charge in [0.1, 0.15) is 5.75 Å². The van der Waals surface area contributed by atoms with Gasteiger partial charge in [0.25, 0.3) is 0 Å². The van der Waals surface area contributed by atoms with Gasteiger partial charge in [0, 0.05) is 10.3 Å². The number of rotatable bonds is 1. The summed E-state index contributed by atoms with van der Waals surface area (Å²) < 4.78 is 0. The first-order chi connectivity index (χ1) is 9.34. The maximum atomic E-state index is 9.37. The predicted octanol–water partition coefficient (Wildman–Crippen LogP) is 5.17. The number of phenolic OH excluding ortho intramolecular Hbond substituents is 1. The molecule has 2 heteroatoms. The number of phenols is 1. The predicted molar refractivity (Wildman–Crippen MR) is 81.9 cm³/mol. The summed E-state index contributed by atoms with van der Waals surface area (Å²) in [6.07, 6.45) is 2.86. The Morgan fingerprint density at radius 3 is 2.37 bits per heavy atom. The van der Waals surface area contributed by atoms with Crippen molar-refractivity contribution in [2.45, 2.75) is 18.8 Å². The van der Waals surface area contributed by atoms with Gasteiger partial charge in [-0.1, -0.05) is 42.5 Å². The normalized spacial score (nSPS) is 13.9. The van der Waals surface area contributed by atoms with Gasteiger partial charge in [-0.25, -0.2) is 0 Å². The van der Waals surface area contributed by atoms with Crippen molar-refractivity contribution in [3.8, 4) is 5.75 Å². The molecule has 1 N–H and O–H groups in total. The van der Waals surface area contributed by atoms with Gasteiger partial charge in [0.15, 0.2) is 0 Å². The van der Waals surface area contributed by atoms with E-state index in [1.165, 1.54) is 12.8 Å². The highest BCUT2D eigenvalue weighted by Crippen LogP contribution is 2.41. The SMILES string of the molecule is Oc1cccc2ccccc12.c1csc(C2CC2)c1. The molecule has 1 heterocycles. The zero-order chi connectivity index (χ0) is 13.1. The molecule has 3 aromatic rings. The molecule has 0 amide bonds. The number of aromatic hydroxyl groups is 1. The highest BCUT2D eigenvalue weighted by Gasteiger charge is 2.23. The van der Waals surface area contributed by atoms with E-state index in [0.29, 0.717) is 5.75 Å². The second kappa shape index (κ2) is 5.45. The molecule has 0 aliphatic heterocycles. The van der Waals surface area contributed by atoms with Gasteiger partial charge >= 0.3 is 0 Å². The molecular formula is C17H16OS. The molecule has 1 aliphatic carbocycles. The Balaban J connectivity index is 0.000000122. The maximum Gasteiger partial charge on any atom is 0.123 e. The van der Waals surface area contributed by atoms with E-state index in [0.717, 1.165) is 16.7 Å². The Bertz CT molecular complexity index is 649. The number of thiophene rings is 1. The molecule has 1 fully saturated rings. The van der Waals surface area contributed by atoms with Gasteiger partial charge in [0.05, 0.1) is 0 Å². The third kappa shape index (κ3) is 2.96. The van der Waals surface area contributed by atoms with Crippen LogP contribution in [0.5, 0.6) is 5.75 Å². The van der Waals surface area contributed by atoms with E-state index < -0.39 is 0 Å². The highest BCUT2D eigenvalue weighted by atomic mass is 32.1. The molecule has 1 aromatic heterocycles. The number of hydrogen-bond donors (Lipinski definition) is 1. The van der Waals surface area contributed by atoms with Crippen LogP contribution in [0.4, 0.5) is 0 Å². The summed E-state index contributed by atoms with van der Waals surface area (Å²) >= 11 is 1.89. The number of benzene rings is 2. The van der Waals surface area contributed by atoms with E-state index in [-0.39, 0.29) is 0 Å². The molecule has 1 saturated carbocycles. The summed E-state index contributed by atoms with van der Waals surface area (Å²) in [5, 5.41) is 13.5. The molecule has 0 unspecified atom stereocenters. The summed E-state index contributed by atoms with van der Waals surface area (Å²) in [6.45, 7) is 0. The molecular weight excluding hydrogens is 252 g/mol. The second-order valence-electron chi connectivity index (χ2n) is 4.79. The van der Waals surface area contributed by atoms with Crippen molar-refractivity contribution < 1.29 is 5.11 Å². The first-order valence-electron chi connectivity index (χ1n) is 6.55. The molecule has 1 aliphatic rings. The topological polar surface area (TPSA) is 20.2 Å². The minimum Gasteiger partial charge on any atom is -0.507 e. The molecule has 0 bridgehead atoms. The van der Waals surface area contributed by atoms with Gasteiger partial charge in [0.2, 0.25) is 0 Å². The lowest BCUT2D eigenvalue weighted by Gasteiger charge is -1.97. The molecule has 0 spiro atoms. The first kappa shape index (κ1) is 12.2. The van der Waals surface area contributed by atoms with E-state index in [2.05, 4.69) is 17.5 Å². The summed E-state index contributed by atoms with van der Waals surface area (Å²) in [4.78, 5) is 1.59. The summed E-state index contributed by atoms with van der Waals surface area (Å²) in [5.74, 6) is 1.30. The van der Waals surface area contributed by atoms with Crippen LogP contribution in [0.2, 0.25) is 0 Å². The Hall–Kier alpha value is -1.80. The van der Waals surface area contributed by atoms with Crippen LogP contribution in [-0.4, -0.2) is 5.11 Å². The van der Waals surface area contributed by atoms with Crippen LogP contribution in [0.3, 0.4) is 0 Å². The number of hydrogen-bond acceptors (Lipinski definition) is 2. The summed E-state index contributed by atoms with van der Waals surface area (Å²) in [6, 6.07) is 17.7. The Morgan fingerprint density at radius 1 is 0.895 bits per heavy atom. The van der Waals surface area contributed by atoms with Crippen molar-refractivity contribution >= 4 is 22.1 Å². The lowest BCUT2D eigenvalue weighted by atomic mass is 10.1. The maximum absolute atomic E-state index is 9.37. The molecule has 96 valence electrons. The lowest BCUT2D eigenvalue weighted by molar-refractivity contribution is 0.481. The van der Waals surface area contributed by atoms with Crippen molar-refractivity contribution in [3.05, 3.63) is 64.9 Å². The smallest absolute Gasteiger partial charge is 0.123 e. The monoisotopic (exact) mass is 268 g/mol. The fraction of sp³-hybridized carbons (Fsp3) is 0.176. The third-order valence-electron chi connectivity index (χ3n) is 3.29. The molecule has 1 nitrogen and oxygen atoms in total. The average molecular weight is 268 g/mol. The van der Waals surface area contributed by atoms with Crippen LogP contribution in [-0.2, 0) is 0 Å². The van der Waals surface area contributed by atoms with Gasteiger partial charge in [-0.15, -0.1) is 11.3 Å². The van der Waals surface area contributed by atoms with Crippen LogP contribution in [0, 0.1) is 0 Å². The van der Waals surface area contributed by atoms with Gasteiger partial charge in [-0.2, -0.15) is 0 Å². The fourth-order valence-corrected chi connectivity index (χ4v) is 3.00. The van der Waals surface area contributed by atoms with Crippen molar-refractivity contribution in [2.75, 3.05) is 0 Å². The van der Waals surface area contributed by atoms with Crippen molar-refractivity contribution in [1.29, 1.82) is 0 Å². The second-order valence-corrected chi connectivity index (χ2v) is 5.77. The Morgan fingerprint density at radius 2 is 1.68 bits per heavy atom. The van der Waals surface area contributed by atoms with Crippen LogP contribution in [0.25, 0.3) is 10.8 Å². The quantitative estimate of drug-likeness (QED) is 0.645. The van der Waals surface area contributed by atoms with Crippen LogP contribution >= 0.6 is 11.3 Å². The molecule has 0 atom stereocenters. The Labute approximate surface area is 117 Å². The van der Waals surface area contributed by atoms with Crippen LogP contribution in [0.15, 0.2) is 60.0 Å². The summed E-state index contributed by atoms with van der Waals surface area (Å²) in [5.41, 5.74) is 0. The molecule has 0 radical (unpaired) electrons. The molecule has 19 heavy (non-hydrogen) atoms. The minimum atomic E-state index is 0.350. The Kier molecular flexibility index (Phi) is 3.51. The molecule has 2 aromatic carbocycles. The van der Waals surface area contributed by atoms with E-state index in [9.17, 15) is 5.11 Å². The van der Waals surface area contributed by atoms with Crippen LogP contribution < -0.4 is 0 Å². The van der Waals surface area contributed by atoms with E-state index in [1.807, 2.05) is 47.7 Å². The van der Waals surface area contributed by atoms with Crippen molar-refractivity contribution in [3.63, 3.8) is 0 Å². The zero-order valence-electron chi connectivity index (χ0n) is 10.6. The highest BCUT2D eigenvalue weighted by molar-refractivity contribution is 7.10. The zero-order valence-corrected chi connectivity index (χ0v) is 11.4.